The average molecular weight is 439 g/mol. The molecule has 31 heavy (non-hydrogen) atoms. The number of halogens is 1. The van der Waals surface area contributed by atoms with Crippen molar-refractivity contribution in [2.45, 2.75) is 62.8 Å². The fraction of sp³-hybridized carbons (Fsp3) is 0.480. The lowest BCUT2D eigenvalue weighted by atomic mass is 10.0. The van der Waals surface area contributed by atoms with E-state index < -0.39 is 0 Å². The summed E-state index contributed by atoms with van der Waals surface area (Å²) in [6, 6.07) is 15.5. The van der Waals surface area contributed by atoms with Crippen molar-refractivity contribution in [3.05, 3.63) is 59.9 Å². The minimum atomic E-state index is -0.199. The molecule has 1 saturated carbocycles. The van der Waals surface area contributed by atoms with Gasteiger partial charge in [-0.15, -0.1) is 0 Å². The summed E-state index contributed by atoms with van der Waals surface area (Å²) in [7, 11) is 0. The van der Waals surface area contributed by atoms with Crippen LogP contribution in [0.25, 0.3) is 11.0 Å². The van der Waals surface area contributed by atoms with Crippen LogP contribution in [-0.2, 0) is 6.54 Å². The molecule has 1 aliphatic heterocycles. The molecule has 0 radical (unpaired) electrons. The van der Waals surface area contributed by atoms with Crippen molar-refractivity contribution < 1.29 is 4.39 Å². The number of hydrogen-bond acceptors (Lipinski definition) is 4. The molecule has 2 aliphatic rings. The molecule has 0 bridgehead atoms. The van der Waals surface area contributed by atoms with Crippen LogP contribution < -0.4 is 5.32 Å². The molecule has 5 rings (SSSR count). The monoisotopic (exact) mass is 438 g/mol. The summed E-state index contributed by atoms with van der Waals surface area (Å²) >= 11 is 2.11. The summed E-state index contributed by atoms with van der Waals surface area (Å²) in [6.07, 6.45) is 9.27. The number of benzene rings is 2. The second kappa shape index (κ2) is 9.61. The summed E-state index contributed by atoms with van der Waals surface area (Å²) in [5.41, 5.74) is 3.18. The van der Waals surface area contributed by atoms with Crippen molar-refractivity contribution in [2.24, 2.45) is 0 Å². The molecular weight excluding hydrogens is 407 g/mol. The van der Waals surface area contributed by atoms with Crippen molar-refractivity contribution >= 4 is 28.9 Å². The topological polar surface area (TPSA) is 33.1 Å². The van der Waals surface area contributed by atoms with Gasteiger partial charge < -0.3 is 9.88 Å². The molecule has 4 nitrogen and oxygen atoms in total. The molecule has 0 amide bonds. The minimum absolute atomic E-state index is 0.199. The van der Waals surface area contributed by atoms with Crippen LogP contribution in [-0.4, -0.2) is 38.2 Å². The molecule has 0 spiro atoms. The molecule has 0 atom stereocenters. The van der Waals surface area contributed by atoms with Gasteiger partial charge in [-0.25, -0.2) is 9.37 Å². The lowest BCUT2D eigenvalue weighted by Gasteiger charge is -2.34. The largest absolute Gasteiger partial charge is 0.353 e. The van der Waals surface area contributed by atoms with E-state index >= 15 is 0 Å². The van der Waals surface area contributed by atoms with Crippen LogP contribution in [0.5, 0.6) is 0 Å². The molecule has 2 heterocycles. The average Bonchev–Trinajstić information content (AvgIpc) is 3.14. The number of imidazole rings is 1. The first kappa shape index (κ1) is 20.8. The summed E-state index contributed by atoms with van der Waals surface area (Å²) in [5, 5.41) is 4.57. The van der Waals surface area contributed by atoms with Gasteiger partial charge in [0.25, 0.3) is 0 Å². The zero-order valence-electron chi connectivity index (χ0n) is 18.0. The van der Waals surface area contributed by atoms with Crippen LogP contribution in [0.3, 0.4) is 0 Å². The second-order valence-electron chi connectivity index (χ2n) is 8.85. The molecule has 2 fully saturated rings. The maximum atomic E-state index is 13.3. The molecule has 6 heteroatoms. The van der Waals surface area contributed by atoms with E-state index in [1.54, 1.807) is 0 Å². The fourth-order valence-electron chi connectivity index (χ4n) is 4.79. The predicted molar refractivity (Wildman–Crippen MR) is 128 cm³/mol. The van der Waals surface area contributed by atoms with Gasteiger partial charge in [0.05, 0.1) is 17.6 Å². The van der Waals surface area contributed by atoms with Crippen molar-refractivity contribution in [1.82, 2.24) is 13.9 Å². The highest BCUT2D eigenvalue weighted by Gasteiger charge is 2.24. The van der Waals surface area contributed by atoms with E-state index in [4.69, 9.17) is 4.98 Å². The summed E-state index contributed by atoms with van der Waals surface area (Å²) in [5.74, 6) is 0.722. The number of piperidine rings is 1. The van der Waals surface area contributed by atoms with Gasteiger partial charge in [0.1, 0.15) is 5.82 Å². The SMILES string of the molecule is Fc1ccc(Cn2c(NC3CCN(SC4CCCCC4)CC3)nc3ccccc32)cc1. The van der Waals surface area contributed by atoms with Gasteiger partial charge in [0, 0.05) is 24.4 Å². The van der Waals surface area contributed by atoms with Crippen molar-refractivity contribution in [1.29, 1.82) is 0 Å². The predicted octanol–water partition coefficient (Wildman–Crippen LogP) is 6.08. The molecular formula is C25H31FN4S. The van der Waals surface area contributed by atoms with Gasteiger partial charge in [-0.1, -0.05) is 55.5 Å². The number of fused-ring (bicyclic) bond motifs is 1. The molecule has 164 valence electrons. The first-order chi connectivity index (χ1) is 15.2. The highest BCUT2D eigenvalue weighted by atomic mass is 32.2. The van der Waals surface area contributed by atoms with Gasteiger partial charge in [-0.3, -0.25) is 4.31 Å². The molecule has 1 aliphatic carbocycles. The standard InChI is InChI=1S/C25H31FN4S/c26-20-12-10-19(11-13-20)18-30-24-9-5-4-8-23(24)28-25(30)27-21-14-16-29(17-15-21)31-22-6-2-1-3-7-22/h4-5,8-13,21-22H,1-3,6-7,14-18H2,(H,27,28). The van der Waals surface area contributed by atoms with Crippen molar-refractivity contribution in [3.63, 3.8) is 0 Å². The highest BCUT2D eigenvalue weighted by Crippen LogP contribution is 2.33. The van der Waals surface area contributed by atoms with Gasteiger partial charge in [0.15, 0.2) is 0 Å². The van der Waals surface area contributed by atoms with Crippen LogP contribution in [0.1, 0.15) is 50.5 Å². The Kier molecular flexibility index (Phi) is 6.46. The number of hydrogen-bond donors (Lipinski definition) is 1. The van der Waals surface area contributed by atoms with E-state index in [1.165, 1.54) is 44.2 Å². The zero-order valence-corrected chi connectivity index (χ0v) is 18.8. The summed E-state index contributed by atoms with van der Waals surface area (Å²) in [6.45, 7) is 2.95. The van der Waals surface area contributed by atoms with E-state index in [0.29, 0.717) is 12.6 Å². The summed E-state index contributed by atoms with van der Waals surface area (Å²) in [4.78, 5) is 4.89. The lowest BCUT2D eigenvalue weighted by molar-refractivity contribution is 0.352. The van der Waals surface area contributed by atoms with Crippen LogP contribution >= 0.6 is 11.9 Å². The third kappa shape index (κ3) is 5.07. The van der Waals surface area contributed by atoms with E-state index in [9.17, 15) is 4.39 Å². The van der Waals surface area contributed by atoms with E-state index in [0.717, 1.165) is 53.7 Å². The maximum Gasteiger partial charge on any atom is 0.204 e. The smallest absolute Gasteiger partial charge is 0.204 e. The van der Waals surface area contributed by atoms with E-state index in [1.807, 2.05) is 18.2 Å². The molecule has 2 aromatic carbocycles. The van der Waals surface area contributed by atoms with Crippen molar-refractivity contribution in [2.75, 3.05) is 18.4 Å². The molecule has 0 unspecified atom stereocenters. The molecule has 1 aromatic heterocycles. The fourth-order valence-corrected chi connectivity index (χ4v) is 6.18. The van der Waals surface area contributed by atoms with Crippen LogP contribution in [0.4, 0.5) is 10.3 Å². The minimum Gasteiger partial charge on any atom is -0.353 e. The normalized spacial score (nSPS) is 19.1. The molecule has 1 N–H and O–H groups in total. The number of rotatable bonds is 6. The second-order valence-corrected chi connectivity index (χ2v) is 10.2. The number of aromatic nitrogens is 2. The number of nitrogens with zero attached hydrogens (tertiary/aromatic N) is 3. The quantitative estimate of drug-likeness (QED) is 0.473. The molecule has 1 saturated heterocycles. The van der Waals surface area contributed by atoms with E-state index in [-0.39, 0.29) is 5.82 Å². The number of anilines is 1. The Labute approximate surface area is 188 Å². The van der Waals surface area contributed by atoms with E-state index in [2.05, 4.69) is 44.3 Å². The summed E-state index contributed by atoms with van der Waals surface area (Å²) < 4.78 is 18.2. The van der Waals surface area contributed by atoms with Crippen LogP contribution in [0.2, 0.25) is 0 Å². The molecule has 3 aromatic rings. The Hall–Kier alpha value is -2.05. The van der Waals surface area contributed by atoms with Gasteiger partial charge >= 0.3 is 0 Å². The lowest BCUT2D eigenvalue weighted by Crippen LogP contribution is -2.37. The first-order valence-corrected chi connectivity index (χ1v) is 12.5. The van der Waals surface area contributed by atoms with Gasteiger partial charge in [0.2, 0.25) is 5.95 Å². The van der Waals surface area contributed by atoms with Crippen molar-refractivity contribution in [3.8, 4) is 0 Å². The Balaban J connectivity index is 1.26. The Morgan fingerprint density at radius 3 is 2.45 bits per heavy atom. The third-order valence-electron chi connectivity index (χ3n) is 6.55. The third-order valence-corrected chi connectivity index (χ3v) is 7.98. The van der Waals surface area contributed by atoms with Crippen LogP contribution in [0.15, 0.2) is 48.5 Å². The first-order valence-electron chi connectivity index (χ1n) is 11.6. The number of nitrogens with one attached hydrogen (secondary N) is 1. The van der Waals surface area contributed by atoms with Crippen LogP contribution in [0, 0.1) is 5.82 Å². The Morgan fingerprint density at radius 2 is 1.68 bits per heavy atom. The maximum absolute atomic E-state index is 13.3. The highest BCUT2D eigenvalue weighted by molar-refractivity contribution is 7.97. The van der Waals surface area contributed by atoms with Gasteiger partial charge in [-0.2, -0.15) is 0 Å². The van der Waals surface area contributed by atoms with Gasteiger partial charge in [-0.05, 0) is 55.5 Å². The Morgan fingerprint density at radius 1 is 0.935 bits per heavy atom. The Bertz CT molecular complexity index is 988. The zero-order chi connectivity index (χ0) is 21.0. The number of para-hydroxylation sites is 2.